The van der Waals surface area contributed by atoms with E-state index >= 15 is 0 Å². The van der Waals surface area contributed by atoms with E-state index in [0.717, 1.165) is 37.2 Å². The maximum absolute atomic E-state index is 14.2. The van der Waals surface area contributed by atoms with Gasteiger partial charge in [-0.2, -0.15) is 0 Å². The molecule has 0 unspecified atom stereocenters. The Morgan fingerprint density at radius 3 is 2.52 bits per heavy atom. The molecule has 0 atom stereocenters. The van der Waals surface area contributed by atoms with Gasteiger partial charge < -0.3 is 9.64 Å². The molecule has 0 radical (unpaired) electrons. The summed E-state index contributed by atoms with van der Waals surface area (Å²) in [5.74, 6) is -0.396. The van der Waals surface area contributed by atoms with Crippen LogP contribution >= 0.6 is 0 Å². The number of sulfonamides is 1. The van der Waals surface area contributed by atoms with E-state index in [2.05, 4.69) is 9.62 Å². The van der Waals surface area contributed by atoms with Crippen LogP contribution in [0.2, 0.25) is 0 Å². The molecule has 0 bridgehead atoms. The highest BCUT2D eigenvalue weighted by Crippen LogP contribution is 2.30. The van der Waals surface area contributed by atoms with Crippen molar-refractivity contribution in [2.24, 2.45) is 0 Å². The molecule has 1 N–H and O–H groups in total. The lowest BCUT2D eigenvalue weighted by Crippen LogP contribution is -2.19. The van der Waals surface area contributed by atoms with Crippen LogP contribution in [0.25, 0.3) is 0 Å². The fraction of sp³-hybridized carbons (Fsp3) is 0.333. The molecule has 0 aromatic heterocycles. The highest BCUT2D eigenvalue weighted by molar-refractivity contribution is 7.92. The van der Waals surface area contributed by atoms with Crippen molar-refractivity contribution >= 4 is 21.4 Å². The maximum Gasteiger partial charge on any atom is 0.265 e. The summed E-state index contributed by atoms with van der Waals surface area (Å²) in [6.07, 6.45) is 2.16. The van der Waals surface area contributed by atoms with Gasteiger partial charge in [-0.1, -0.05) is 6.07 Å². The third-order valence-corrected chi connectivity index (χ3v) is 5.66. The van der Waals surface area contributed by atoms with Gasteiger partial charge in [-0.05, 0) is 55.7 Å². The first-order valence-corrected chi connectivity index (χ1v) is 9.61. The molecule has 0 spiro atoms. The molecule has 25 heavy (non-hydrogen) atoms. The molecule has 0 aliphatic carbocycles. The van der Waals surface area contributed by atoms with E-state index in [-0.39, 0.29) is 16.3 Å². The van der Waals surface area contributed by atoms with Gasteiger partial charge in [0.15, 0.2) is 0 Å². The molecule has 7 heteroatoms. The van der Waals surface area contributed by atoms with Crippen LogP contribution in [0.1, 0.15) is 18.4 Å². The van der Waals surface area contributed by atoms with Crippen molar-refractivity contribution in [3.05, 3.63) is 47.8 Å². The van der Waals surface area contributed by atoms with Crippen LogP contribution in [0.4, 0.5) is 15.8 Å². The van der Waals surface area contributed by atoms with Gasteiger partial charge in [0.25, 0.3) is 10.0 Å². The number of hydrogen-bond donors (Lipinski definition) is 1. The number of aryl methyl sites for hydroxylation is 1. The van der Waals surface area contributed by atoms with E-state index in [1.54, 1.807) is 31.2 Å². The minimum absolute atomic E-state index is 0.0130. The molecule has 5 nitrogen and oxygen atoms in total. The quantitative estimate of drug-likeness (QED) is 0.882. The molecule has 1 aliphatic rings. The van der Waals surface area contributed by atoms with Crippen molar-refractivity contribution in [1.82, 2.24) is 0 Å². The molecule has 2 aromatic carbocycles. The Morgan fingerprint density at radius 2 is 1.84 bits per heavy atom. The number of anilines is 2. The third kappa shape index (κ3) is 3.71. The molecule has 1 saturated heterocycles. The first-order chi connectivity index (χ1) is 11.9. The number of methoxy groups -OCH3 is 1. The molecule has 2 aromatic rings. The van der Waals surface area contributed by atoms with Crippen LogP contribution in [-0.2, 0) is 10.0 Å². The summed E-state index contributed by atoms with van der Waals surface area (Å²) in [6.45, 7) is 3.57. The molecule has 3 rings (SSSR count). The minimum Gasteiger partial charge on any atom is -0.495 e. The van der Waals surface area contributed by atoms with Gasteiger partial charge in [0.05, 0.1) is 12.8 Å². The average molecular weight is 364 g/mol. The largest absolute Gasteiger partial charge is 0.495 e. The fourth-order valence-corrected chi connectivity index (χ4v) is 4.27. The topological polar surface area (TPSA) is 58.6 Å². The second-order valence-corrected chi connectivity index (χ2v) is 7.77. The van der Waals surface area contributed by atoms with E-state index in [1.165, 1.54) is 19.2 Å². The average Bonchev–Trinajstić information content (AvgIpc) is 3.11. The van der Waals surface area contributed by atoms with Crippen LogP contribution in [0, 0.1) is 12.7 Å². The Labute approximate surface area is 147 Å². The zero-order valence-corrected chi connectivity index (χ0v) is 15.1. The highest BCUT2D eigenvalue weighted by Gasteiger charge is 2.22. The van der Waals surface area contributed by atoms with Crippen molar-refractivity contribution in [2.75, 3.05) is 29.8 Å². The van der Waals surface area contributed by atoms with Crippen LogP contribution < -0.4 is 14.4 Å². The monoisotopic (exact) mass is 364 g/mol. The first-order valence-electron chi connectivity index (χ1n) is 8.13. The second-order valence-electron chi connectivity index (χ2n) is 6.12. The zero-order valence-electron chi connectivity index (χ0n) is 14.3. The minimum atomic E-state index is -3.97. The van der Waals surface area contributed by atoms with Crippen molar-refractivity contribution in [1.29, 1.82) is 0 Å². The Hall–Kier alpha value is -2.28. The predicted molar refractivity (Wildman–Crippen MR) is 96.4 cm³/mol. The molecular weight excluding hydrogens is 343 g/mol. The van der Waals surface area contributed by atoms with Gasteiger partial charge in [0.2, 0.25) is 0 Å². The molecule has 0 amide bonds. The molecule has 134 valence electrons. The number of rotatable bonds is 5. The van der Waals surface area contributed by atoms with Gasteiger partial charge >= 0.3 is 0 Å². The number of benzene rings is 2. The van der Waals surface area contributed by atoms with Crippen LogP contribution in [0.15, 0.2) is 41.3 Å². The van der Waals surface area contributed by atoms with Crippen molar-refractivity contribution in [3.8, 4) is 5.75 Å². The summed E-state index contributed by atoms with van der Waals surface area (Å²) in [5.41, 5.74) is 1.52. The van der Waals surface area contributed by atoms with Crippen LogP contribution in [-0.4, -0.2) is 28.6 Å². The number of ether oxygens (including phenoxy) is 1. The standard InChI is InChI=1S/C18H21FN2O3S/c1-13-5-8-17(24-2)18(11-13)25(22,23)20-16-12-14(6-7-15(16)19)21-9-3-4-10-21/h5-8,11-12,20H,3-4,9-10H2,1-2H3. The van der Waals surface area contributed by atoms with Gasteiger partial charge in [-0.25, -0.2) is 12.8 Å². The highest BCUT2D eigenvalue weighted by atomic mass is 32.2. The Bertz CT molecular complexity index is 878. The van der Waals surface area contributed by atoms with E-state index in [1.807, 2.05) is 0 Å². The lowest BCUT2D eigenvalue weighted by molar-refractivity contribution is 0.402. The molecule has 1 aliphatic heterocycles. The predicted octanol–water partition coefficient (Wildman–Crippen LogP) is 3.54. The number of nitrogens with zero attached hydrogens (tertiary/aromatic N) is 1. The molecule has 1 fully saturated rings. The molecule has 1 heterocycles. The van der Waals surface area contributed by atoms with Gasteiger partial charge in [0, 0.05) is 18.8 Å². The summed E-state index contributed by atoms with van der Waals surface area (Å²) in [5, 5.41) is 0. The Morgan fingerprint density at radius 1 is 1.12 bits per heavy atom. The smallest absolute Gasteiger partial charge is 0.265 e. The number of hydrogen-bond acceptors (Lipinski definition) is 4. The first kappa shape index (κ1) is 17.5. The molecular formula is C18H21FN2O3S. The molecule has 0 saturated carbocycles. The van der Waals surface area contributed by atoms with Gasteiger partial charge in [0.1, 0.15) is 16.5 Å². The lowest BCUT2D eigenvalue weighted by Gasteiger charge is -2.19. The van der Waals surface area contributed by atoms with Crippen LogP contribution in [0.3, 0.4) is 0 Å². The fourth-order valence-electron chi connectivity index (χ4n) is 2.96. The van der Waals surface area contributed by atoms with Gasteiger partial charge in [-0.15, -0.1) is 0 Å². The SMILES string of the molecule is COc1ccc(C)cc1S(=O)(=O)Nc1cc(N2CCCC2)ccc1F. The number of nitrogens with one attached hydrogen (secondary N) is 1. The summed E-state index contributed by atoms with van der Waals surface area (Å²) >= 11 is 0. The zero-order chi connectivity index (χ0) is 18.0. The third-order valence-electron chi connectivity index (χ3n) is 4.27. The van der Waals surface area contributed by atoms with E-state index in [9.17, 15) is 12.8 Å². The summed E-state index contributed by atoms with van der Waals surface area (Å²) < 4.78 is 47.2. The number of halogens is 1. The maximum atomic E-state index is 14.2. The normalized spacial score (nSPS) is 14.6. The van der Waals surface area contributed by atoms with Gasteiger partial charge in [-0.3, -0.25) is 4.72 Å². The summed E-state index contributed by atoms with van der Waals surface area (Å²) in [7, 11) is -2.57. The van der Waals surface area contributed by atoms with Crippen molar-refractivity contribution < 1.29 is 17.5 Å². The summed E-state index contributed by atoms with van der Waals surface area (Å²) in [4.78, 5) is 2.10. The van der Waals surface area contributed by atoms with E-state index in [4.69, 9.17) is 4.74 Å². The van der Waals surface area contributed by atoms with Crippen molar-refractivity contribution in [2.45, 2.75) is 24.7 Å². The Kier molecular flexibility index (Phi) is 4.85. The lowest BCUT2D eigenvalue weighted by atomic mass is 10.2. The second kappa shape index (κ2) is 6.92. The Balaban J connectivity index is 1.95. The summed E-state index contributed by atoms with van der Waals surface area (Å²) in [6, 6.07) is 9.35. The van der Waals surface area contributed by atoms with Crippen molar-refractivity contribution in [3.63, 3.8) is 0 Å². The van der Waals surface area contributed by atoms with E-state index < -0.39 is 15.8 Å². The van der Waals surface area contributed by atoms with Crippen LogP contribution in [0.5, 0.6) is 5.75 Å². The van der Waals surface area contributed by atoms with E-state index in [0.29, 0.717) is 0 Å².